The number of nitrogens with zero attached hydrogens (tertiary/aromatic N) is 1. The monoisotopic (exact) mass is 315 g/mol. The minimum atomic E-state index is -4.39. The third-order valence-corrected chi connectivity index (χ3v) is 4.34. The summed E-state index contributed by atoms with van der Waals surface area (Å²) in [6.07, 6.45) is 2.68. The number of hydrogen-bond acceptors (Lipinski definition) is 2. The number of thioether (sulfide) groups is 1. The van der Waals surface area contributed by atoms with Crippen LogP contribution < -0.4 is 0 Å². The molecule has 116 valence electrons. The maximum absolute atomic E-state index is 12.6. The Hall–Kier alpha value is -1.15. The minimum absolute atomic E-state index is 0.112. The molecule has 0 heterocycles. The topological polar surface area (TPSA) is 23.8 Å². The number of unbranched alkanes of at least 4 members (excludes halogenated alkanes) is 5. The van der Waals surface area contributed by atoms with Crippen molar-refractivity contribution in [3.05, 3.63) is 29.3 Å². The number of nitriles is 1. The highest BCUT2D eigenvalue weighted by molar-refractivity contribution is 7.99. The largest absolute Gasteiger partial charge is 0.416 e. The average molecular weight is 315 g/mol. The van der Waals surface area contributed by atoms with Gasteiger partial charge in [-0.3, -0.25) is 0 Å². The second-order valence-corrected chi connectivity index (χ2v) is 6.07. The van der Waals surface area contributed by atoms with Crippen LogP contribution in [0.3, 0.4) is 0 Å². The van der Waals surface area contributed by atoms with Crippen LogP contribution in [0.15, 0.2) is 23.1 Å². The van der Waals surface area contributed by atoms with Gasteiger partial charge in [-0.2, -0.15) is 18.4 Å². The fraction of sp³-hybridized carbons (Fsp3) is 0.562. The molecule has 0 aromatic heterocycles. The van der Waals surface area contributed by atoms with Crippen LogP contribution in [0.5, 0.6) is 0 Å². The Morgan fingerprint density at radius 3 is 2.38 bits per heavy atom. The molecule has 0 aliphatic heterocycles. The van der Waals surface area contributed by atoms with Crippen molar-refractivity contribution in [2.24, 2.45) is 0 Å². The van der Waals surface area contributed by atoms with Gasteiger partial charge < -0.3 is 0 Å². The summed E-state index contributed by atoms with van der Waals surface area (Å²) >= 11 is 1.46. The standard InChI is InChI=1S/C16H20F3NS/c1-2-3-4-5-6-7-10-21-15-9-8-14(16(17,18)19)11-13(15)12-20/h8-9,11H,2-7,10H2,1H3. The van der Waals surface area contributed by atoms with E-state index in [0.717, 1.165) is 30.7 Å². The average Bonchev–Trinajstić information content (AvgIpc) is 2.45. The van der Waals surface area contributed by atoms with E-state index < -0.39 is 11.7 Å². The number of hydrogen-bond donors (Lipinski definition) is 0. The molecule has 0 N–H and O–H groups in total. The lowest BCUT2D eigenvalue weighted by Gasteiger charge is -2.09. The van der Waals surface area contributed by atoms with E-state index >= 15 is 0 Å². The van der Waals surface area contributed by atoms with Gasteiger partial charge in [0.25, 0.3) is 0 Å². The first-order chi connectivity index (χ1) is 9.99. The molecule has 0 fully saturated rings. The van der Waals surface area contributed by atoms with E-state index in [2.05, 4.69) is 6.92 Å². The van der Waals surface area contributed by atoms with E-state index in [1.54, 1.807) is 0 Å². The van der Waals surface area contributed by atoms with Gasteiger partial charge in [0.1, 0.15) is 6.07 Å². The van der Waals surface area contributed by atoms with Gasteiger partial charge in [-0.25, -0.2) is 0 Å². The van der Waals surface area contributed by atoms with Crippen LogP contribution in [0.1, 0.15) is 56.6 Å². The number of alkyl halides is 3. The summed E-state index contributed by atoms with van der Waals surface area (Å²) in [7, 11) is 0. The first kappa shape index (κ1) is 17.9. The van der Waals surface area contributed by atoms with Gasteiger partial charge in [-0.15, -0.1) is 11.8 Å². The molecule has 21 heavy (non-hydrogen) atoms. The number of rotatable bonds is 8. The van der Waals surface area contributed by atoms with Crippen molar-refractivity contribution in [1.29, 1.82) is 5.26 Å². The van der Waals surface area contributed by atoms with Gasteiger partial charge in [0.15, 0.2) is 0 Å². The summed E-state index contributed by atoms with van der Waals surface area (Å²) in [6, 6.07) is 5.24. The van der Waals surface area contributed by atoms with E-state index in [-0.39, 0.29) is 5.56 Å². The van der Waals surface area contributed by atoms with Crippen LogP contribution in [-0.2, 0) is 6.18 Å². The van der Waals surface area contributed by atoms with Crippen LogP contribution >= 0.6 is 11.8 Å². The summed E-state index contributed by atoms with van der Waals surface area (Å²) in [5, 5.41) is 8.98. The van der Waals surface area contributed by atoms with Crippen LogP contribution in [0.25, 0.3) is 0 Å². The molecule has 1 rings (SSSR count). The molecule has 1 aromatic rings. The third kappa shape index (κ3) is 6.43. The van der Waals surface area contributed by atoms with E-state index in [1.165, 1.54) is 43.5 Å². The highest BCUT2D eigenvalue weighted by Gasteiger charge is 2.31. The van der Waals surface area contributed by atoms with E-state index in [0.29, 0.717) is 4.90 Å². The molecule has 1 aromatic carbocycles. The number of halogens is 3. The smallest absolute Gasteiger partial charge is 0.192 e. The fourth-order valence-electron chi connectivity index (χ4n) is 1.98. The highest BCUT2D eigenvalue weighted by Crippen LogP contribution is 2.33. The molecule has 0 aliphatic carbocycles. The Balaban J connectivity index is 2.47. The SMILES string of the molecule is CCCCCCCCSc1ccc(C(F)(F)F)cc1C#N. The van der Waals surface area contributed by atoms with Gasteiger partial charge in [-0.05, 0) is 30.4 Å². The normalized spacial score (nSPS) is 11.4. The zero-order valence-corrected chi connectivity index (χ0v) is 13.0. The zero-order chi connectivity index (χ0) is 15.7. The molecule has 0 radical (unpaired) electrons. The zero-order valence-electron chi connectivity index (χ0n) is 12.2. The van der Waals surface area contributed by atoms with Crippen molar-refractivity contribution in [2.75, 3.05) is 5.75 Å². The van der Waals surface area contributed by atoms with Crippen LogP contribution in [-0.4, -0.2) is 5.75 Å². The first-order valence-corrected chi connectivity index (χ1v) is 8.21. The van der Waals surface area contributed by atoms with Crippen molar-refractivity contribution in [3.63, 3.8) is 0 Å². The van der Waals surface area contributed by atoms with Crippen molar-refractivity contribution < 1.29 is 13.2 Å². The van der Waals surface area contributed by atoms with Crippen LogP contribution in [0.4, 0.5) is 13.2 Å². The molecule has 0 atom stereocenters. The lowest BCUT2D eigenvalue weighted by atomic mass is 10.1. The maximum Gasteiger partial charge on any atom is 0.416 e. The minimum Gasteiger partial charge on any atom is -0.192 e. The Morgan fingerprint density at radius 1 is 1.10 bits per heavy atom. The van der Waals surface area contributed by atoms with Crippen LogP contribution in [0.2, 0.25) is 0 Å². The third-order valence-electron chi connectivity index (χ3n) is 3.18. The molecule has 5 heteroatoms. The lowest BCUT2D eigenvalue weighted by molar-refractivity contribution is -0.137. The Labute approximate surface area is 128 Å². The van der Waals surface area contributed by atoms with E-state index in [4.69, 9.17) is 5.26 Å². The Kier molecular flexibility index (Phi) is 7.66. The van der Waals surface area contributed by atoms with E-state index in [1.807, 2.05) is 6.07 Å². The molecule has 0 saturated carbocycles. The molecular formula is C16H20F3NS. The summed E-state index contributed by atoms with van der Waals surface area (Å²) < 4.78 is 37.7. The fourth-order valence-corrected chi connectivity index (χ4v) is 2.98. The summed E-state index contributed by atoms with van der Waals surface area (Å²) in [6.45, 7) is 2.17. The molecule has 0 aliphatic rings. The predicted molar refractivity (Wildman–Crippen MR) is 80.3 cm³/mol. The van der Waals surface area contributed by atoms with E-state index in [9.17, 15) is 13.2 Å². The molecule has 0 unspecified atom stereocenters. The molecule has 0 amide bonds. The Bertz CT molecular complexity index is 477. The molecular weight excluding hydrogens is 295 g/mol. The van der Waals surface area contributed by atoms with Crippen molar-refractivity contribution in [1.82, 2.24) is 0 Å². The molecule has 1 nitrogen and oxygen atoms in total. The highest BCUT2D eigenvalue weighted by atomic mass is 32.2. The second-order valence-electron chi connectivity index (χ2n) is 4.94. The number of benzene rings is 1. The second kappa shape index (κ2) is 8.99. The van der Waals surface area contributed by atoms with Crippen molar-refractivity contribution in [2.45, 2.75) is 56.5 Å². The van der Waals surface area contributed by atoms with Gasteiger partial charge in [-0.1, -0.05) is 39.0 Å². The van der Waals surface area contributed by atoms with Crippen molar-refractivity contribution >= 4 is 11.8 Å². The maximum atomic E-state index is 12.6. The van der Waals surface area contributed by atoms with Crippen molar-refractivity contribution in [3.8, 4) is 6.07 Å². The van der Waals surface area contributed by atoms with Gasteiger partial charge in [0, 0.05) is 4.90 Å². The van der Waals surface area contributed by atoms with Crippen LogP contribution in [0, 0.1) is 11.3 Å². The lowest BCUT2D eigenvalue weighted by Crippen LogP contribution is -2.05. The van der Waals surface area contributed by atoms with Gasteiger partial charge in [0.2, 0.25) is 0 Å². The molecule has 0 saturated heterocycles. The molecule has 0 bridgehead atoms. The summed E-state index contributed by atoms with van der Waals surface area (Å²) in [5.74, 6) is 0.839. The first-order valence-electron chi connectivity index (χ1n) is 7.23. The van der Waals surface area contributed by atoms with Gasteiger partial charge >= 0.3 is 6.18 Å². The molecule has 0 spiro atoms. The van der Waals surface area contributed by atoms with Gasteiger partial charge in [0.05, 0.1) is 11.1 Å². The Morgan fingerprint density at radius 2 is 1.76 bits per heavy atom. The summed E-state index contributed by atoms with van der Waals surface area (Å²) in [5.41, 5.74) is -0.649. The summed E-state index contributed by atoms with van der Waals surface area (Å²) in [4.78, 5) is 0.638. The quantitative estimate of drug-likeness (QED) is 0.432. The predicted octanol–water partition coefficient (Wildman–Crippen LogP) is 6.03.